The highest BCUT2D eigenvalue weighted by Gasteiger charge is 2.64. The number of hydrogen-bond donors (Lipinski definition) is 1. The molecule has 4 aromatic rings. The summed E-state index contributed by atoms with van der Waals surface area (Å²) in [6, 6.07) is 11.2. The number of amides is 1. The lowest BCUT2D eigenvalue weighted by Gasteiger charge is -2.41. The molecule has 1 saturated carbocycles. The van der Waals surface area contributed by atoms with E-state index in [1.165, 1.54) is 18.2 Å². The zero-order valence-electron chi connectivity index (χ0n) is 21.4. The summed E-state index contributed by atoms with van der Waals surface area (Å²) in [4.78, 5) is 23.2. The number of fused-ring (bicyclic) bond motifs is 6. The molecular formula is C29H29F2N5O. The van der Waals surface area contributed by atoms with Gasteiger partial charge in [-0.25, -0.2) is 13.8 Å². The predicted molar refractivity (Wildman–Crippen MR) is 137 cm³/mol. The minimum Gasteiger partial charge on any atom is -0.342 e. The van der Waals surface area contributed by atoms with E-state index in [1.54, 1.807) is 0 Å². The lowest BCUT2D eigenvalue weighted by molar-refractivity contribution is 0.0652. The number of nitrogens with zero attached hydrogens (tertiary/aromatic N) is 4. The van der Waals surface area contributed by atoms with Crippen molar-refractivity contribution in [2.75, 3.05) is 13.1 Å². The molecule has 1 fully saturated rings. The van der Waals surface area contributed by atoms with E-state index in [4.69, 9.17) is 0 Å². The van der Waals surface area contributed by atoms with Gasteiger partial charge in [0.05, 0.1) is 28.0 Å². The highest BCUT2D eigenvalue weighted by Crippen LogP contribution is 2.67. The standard InChI is InChI=1S/C29H29F2N5O/c1-5-36(27(37)17-9-10-22-23(13-17)33-16(2)32-22)15-29-12-11-19(28(29,3)4)18-14-24(34-35-26(18)29)25-20(30)7-6-8-21(25)31/h6-10,13-14,19H,5,11-12,15H2,1-4H3,(H,32,33)/t19-,29-/m0/s1. The van der Waals surface area contributed by atoms with Gasteiger partial charge >= 0.3 is 0 Å². The van der Waals surface area contributed by atoms with Gasteiger partial charge in [-0.05, 0) is 80.0 Å². The average Bonchev–Trinajstić information content (AvgIpc) is 3.42. The molecule has 2 aliphatic carbocycles. The summed E-state index contributed by atoms with van der Waals surface area (Å²) in [5, 5.41) is 8.90. The Morgan fingerprint density at radius 3 is 2.62 bits per heavy atom. The molecule has 0 saturated heterocycles. The maximum absolute atomic E-state index is 14.5. The minimum atomic E-state index is -0.654. The molecule has 2 atom stereocenters. The van der Waals surface area contributed by atoms with Crippen molar-refractivity contribution in [1.29, 1.82) is 0 Å². The summed E-state index contributed by atoms with van der Waals surface area (Å²) in [7, 11) is 0. The van der Waals surface area contributed by atoms with Crippen molar-refractivity contribution in [3.8, 4) is 11.3 Å². The van der Waals surface area contributed by atoms with Crippen LogP contribution in [-0.4, -0.2) is 44.1 Å². The first kappa shape index (κ1) is 23.7. The minimum absolute atomic E-state index is 0.0447. The first-order chi connectivity index (χ1) is 17.7. The van der Waals surface area contributed by atoms with Gasteiger partial charge in [0, 0.05) is 24.1 Å². The van der Waals surface area contributed by atoms with Gasteiger partial charge in [-0.3, -0.25) is 4.79 Å². The topological polar surface area (TPSA) is 74.8 Å². The number of aromatic nitrogens is 4. The molecule has 0 unspecified atom stereocenters. The van der Waals surface area contributed by atoms with Gasteiger partial charge in [0.15, 0.2) is 0 Å². The lowest BCUT2D eigenvalue weighted by Crippen LogP contribution is -2.48. The van der Waals surface area contributed by atoms with Gasteiger partial charge in [-0.15, -0.1) is 0 Å². The summed E-state index contributed by atoms with van der Waals surface area (Å²) in [5.74, 6) is -0.376. The van der Waals surface area contributed by atoms with E-state index in [-0.39, 0.29) is 28.5 Å². The summed E-state index contributed by atoms with van der Waals surface area (Å²) < 4.78 is 29.0. The highest BCUT2D eigenvalue weighted by atomic mass is 19.1. The van der Waals surface area contributed by atoms with Crippen LogP contribution >= 0.6 is 0 Å². The molecule has 1 amide bonds. The molecule has 0 aliphatic heterocycles. The number of benzene rings is 2. The van der Waals surface area contributed by atoms with Gasteiger partial charge in [0.2, 0.25) is 0 Å². The third-order valence-electron chi connectivity index (χ3n) is 8.81. The fourth-order valence-electron chi connectivity index (χ4n) is 6.75. The third-order valence-corrected chi connectivity index (χ3v) is 8.81. The van der Waals surface area contributed by atoms with Crippen LogP contribution in [0.25, 0.3) is 22.3 Å². The normalized spacial score (nSPS) is 21.4. The summed E-state index contributed by atoms with van der Waals surface area (Å²) in [6.07, 6.45) is 1.80. The lowest BCUT2D eigenvalue weighted by atomic mass is 9.68. The summed E-state index contributed by atoms with van der Waals surface area (Å²) in [5.41, 5.74) is 3.57. The molecule has 2 aromatic carbocycles. The van der Waals surface area contributed by atoms with Crippen LogP contribution in [0.1, 0.15) is 67.0 Å². The van der Waals surface area contributed by atoms with Crippen LogP contribution in [0, 0.1) is 24.0 Å². The Morgan fingerprint density at radius 1 is 1.14 bits per heavy atom. The second-order valence-electron chi connectivity index (χ2n) is 10.9. The van der Waals surface area contributed by atoms with Crippen LogP contribution in [-0.2, 0) is 5.41 Å². The smallest absolute Gasteiger partial charge is 0.253 e. The molecule has 2 aliphatic rings. The molecule has 0 radical (unpaired) electrons. The number of rotatable bonds is 5. The molecule has 8 heteroatoms. The van der Waals surface area contributed by atoms with Crippen LogP contribution in [0.3, 0.4) is 0 Å². The molecule has 2 heterocycles. The Hall–Kier alpha value is -3.68. The third kappa shape index (κ3) is 3.34. The van der Waals surface area contributed by atoms with Crippen LogP contribution in [0.5, 0.6) is 0 Å². The van der Waals surface area contributed by atoms with Crippen molar-refractivity contribution >= 4 is 16.9 Å². The van der Waals surface area contributed by atoms with Gasteiger partial charge in [0.25, 0.3) is 5.91 Å². The van der Waals surface area contributed by atoms with Crippen molar-refractivity contribution in [2.45, 2.75) is 51.9 Å². The molecule has 6 nitrogen and oxygen atoms in total. The molecule has 6 rings (SSSR count). The Kier molecular flexibility index (Phi) is 5.23. The van der Waals surface area contributed by atoms with E-state index in [1.807, 2.05) is 43.0 Å². The molecule has 37 heavy (non-hydrogen) atoms. The van der Waals surface area contributed by atoms with Crippen molar-refractivity contribution < 1.29 is 13.6 Å². The maximum Gasteiger partial charge on any atom is 0.253 e. The second kappa shape index (κ2) is 8.16. The average molecular weight is 502 g/mol. The maximum atomic E-state index is 14.5. The van der Waals surface area contributed by atoms with Crippen molar-refractivity contribution in [2.24, 2.45) is 5.41 Å². The number of aryl methyl sites for hydroxylation is 1. The van der Waals surface area contributed by atoms with Crippen molar-refractivity contribution in [1.82, 2.24) is 25.1 Å². The van der Waals surface area contributed by atoms with Gasteiger partial charge in [-0.1, -0.05) is 19.9 Å². The van der Waals surface area contributed by atoms with Gasteiger partial charge in [0.1, 0.15) is 17.5 Å². The van der Waals surface area contributed by atoms with E-state index in [0.717, 1.165) is 41.0 Å². The molecule has 2 aromatic heterocycles. The van der Waals surface area contributed by atoms with E-state index < -0.39 is 17.0 Å². The zero-order chi connectivity index (χ0) is 26.1. The second-order valence-corrected chi connectivity index (χ2v) is 10.9. The first-order valence-corrected chi connectivity index (χ1v) is 12.7. The SMILES string of the molecule is CCN(C[C@@]12CC[C@@H](c3cc(-c4c(F)cccc4F)nnc31)C2(C)C)C(=O)c1ccc2nc(C)[nH]c2c1. The van der Waals surface area contributed by atoms with Crippen LogP contribution in [0.15, 0.2) is 42.5 Å². The number of halogens is 2. The van der Waals surface area contributed by atoms with Gasteiger partial charge in [-0.2, -0.15) is 10.2 Å². The fourth-order valence-corrected chi connectivity index (χ4v) is 6.75. The number of carbonyl (C=O) groups is 1. The van der Waals surface area contributed by atoms with Crippen molar-refractivity contribution in [3.05, 3.63) is 76.7 Å². The van der Waals surface area contributed by atoms with Gasteiger partial charge < -0.3 is 9.88 Å². The van der Waals surface area contributed by atoms with E-state index >= 15 is 0 Å². The quantitative estimate of drug-likeness (QED) is 0.368. The molecule has 0 spiro atoms. The number of imidazole rings is 1. The largest absolute Gasteiger partial charge is 0.342 e. The first-order valence-electron chi connectivity index (χ1n) is 12.7. The van der Waals surface area contributed by atoms with Crippen molar-refractivity contribution in [3.63, 3.8) is 0 Å². The number of likely N-dealkylation sites (N-methyl/N-ethyl adjacent to an activating group) is 1. The molecule has 190 valence electrons. The molecular weight excluding hydrogens is 472 g/mol. The van der Waals surface area contributed by atoms with E-state index in [0.29, 0.717) is 18.7 Å². The summed E-state index contributed by atoms with van der Waals surface area (Å²) >= 11 is 0. The Morgan fingerprint density at radius 2 is 1.89 bits per heavy atom. The number of aromatic amines is 1. The Balaban J connectivity index is 1.38. The van der Waals surface area contributed by atoms with E-state index in [9.17, 15) is 13.6 Å². The fraction of sp³-hybridized carbons (Fsp3) is 0.379. The number of nitrogens with one attached hydrogen (secondary N) is 1. The molecule has 1 N–H and O–H groups in total. The monoisotopic (exact) mass is 501 g/mol. The van der Waals surface area contributed by atoms with E-state index in [2.05, 4.69) is 34.0 Å². The predicted octanol–water partition coefficient (Wildman–Crippen LogP) is 5.92. The Labute approximate surface area is 214 Å². The molecule has 2 bridgehead atoms. The van der Waals surface area contributed by atoms with Crippen LogP contribution in [0.2, 0.25) is 0 Å². The summed E-state index contributed by atoms with van der Waals surface area (Å²) in [6.45, 7) is 9.35. The van der Waals surface area contributed by atoms with Crippen LogP contribution in [0.4, 0.5) is 8.78 Å². The Bertz CT molecular complexity index is 1540. The number of H-pyrrole nitrogens is 1. The van der Waals surface area contributed by atoms with Crippen LogP contribution < -0.4 is 0 Å². The highest BCUT2D eigenvalue weighted by molar-refractivity contribution is 5.97. The zero-order valence-corrected chi connectivity index (χ0v) is 21.4. The number of hydrogen-bond acceptors (Lipinski definition) is 4. The number of carbonyl (C=O) groups excluding carboxylic acids is 1.